The summed E-state index contributed by atoms with van der Waals surface area (Å²) in [6, 6.07) is -3.20. The first-order valence-corrected chi connectivity index (χ1v) is 18.7. The van der Waals surface area contributed by atoms with Gasteiger partial charge in [-0.2, -0.15) is 8.42 Å². The zero-order chi connectivity index (χ0) is 41.2. The third-order valence-corrected chi connectivity index (χ3v) is 8.47. The van der Waals surface area contributed by atoms with E-state index in [0.717, 1.165) is 16.2 Å². The molecule has 0 aromatic carbocycles. The van der Waals surface area contributed by atoms with Crippen LogP contribution in [0.5, 0.6) is 0 Å². The molecule has 0 saturated carbocycles. The Hall–Kier alpha value is -4.77. The Morgan fingerprint density at radius 2 is 1.54 bits per heavy atom. The molecule has 5 amide bonds. The summed E-state index contributed by atoms with van der Waals surface area (Å²) in [4.78, 5) is 87.5. The van der Waals surface area contributed by atoms with Crippen molar-refractivity contribution in [1.82, 2.24) is 24.8 Å². The highest BCUT2D eigenvalue weighted by molar-refractivity contribution is 7.84. The highest BCUT2D eigenvalue weighted by Crippen LogP contribution is 2.27. The van der Waals surface area contributed by atoms with Crippen LogP contribution < -0.4 is 16.0 Å². The number of esters is 1. The molecule has 54 heavy (non-hydrogen) atoms. The molecule has 4 N–H and O–H groups in total. The maximum atomic E-state index is 13.8. The maximum Gasteiger partial charge on any atom is 0.413 e. The van der Waals surface area contributed by atoms with Gasteiger partial charge in [0.25, 0.3) is 11.8 Å². The number of carbonyl (C=O) groups excluding carboxylic acids is 6. The Morgan fingerprint density at radius 1 is 0.963 bits per heavy atom. The summed E-state index contributed by atoms with van der Waals surface area (Å²) in [5, 5.41) is 12.3. The van der Waals surface area contributed by atoms with Gasteiger partial charge in [0.15, 0.2) is 10.8 Å². The van der Waals surface area contributed by atoms with Crippen LogP contribution in [-0.4, -0.2) is 129 Å². The second-order valence-corrected chi connectivity index (χ2v) is 17.8. The van der Waals surface area contributed by atoms with Crippen LogP contribution in [0.3, 0.4) is 0 Å². The van der Waals surface area contributed by atoms with E-state index in [2.05, 4.69) is 26.1 Å². The van der Waals surface area contributed by atoms with Crippen LogP contribution in [0.2, 0.25) is 0 Å². The van der Waals surface area contributed by atoms with Gasteiger partial charge >= 0.3 is 34.6 Å². The lowest BCUT2D eigenvalue weighted by Crippen LogP contribution is -2.74. The van der Waals surface area contributed by atoms with Gasteiger partial charge in [0, 0.05) is 11.9 Å². The van der Waals surface area contributed by atoms with Gasteiger partial charge in [0.2, 0.25) is 5.60 Å². The lowest BCUT2D eigenvalue weighted by Gasteiger charge is -2.45. The Morgan fingerprint density at radius 3 is 2.09 bits per heavy atom. The Bertz CT molecular complexity index is 1770. The fourth-order valence-corrected chi connectivity index (χ4v) is 6.10. The molecule has 2 saturated heterocycles. The van der Waals surface area contributed by atoms with Crippen molar-refractivity contribution in [3.8, 4) is 0 Å². The van der Waals surface area contributed by atoms with Crippen LogP contribution in [0.1, 0.15) is 81.9 Å². The fraction of sp³-hybridized carbons (Fsp3) is 0.677. The monoisotopic (exact) mass is 805 g/mol. The normalized spacial score (nSPS) is 19.7. The predicted molar refractivity (Wildman–Crippen MR) is 190 cm³/mol. The van der Waals surface area contributed by atoms with Crippen molar-refractivity contribution in [3.05, 3.63) is 11.1 Å². The number of oxime groups is 1. The predicted octanol–water partition coefficient (Wildman–Crippen LogP) is 2.18. The minimum absolute atomic E-state index is 0.0374. The maximum absolute atomic E-state index is 13.8. The molecule has 0 aliphatic carbocycles. The van der Waals surface area contributed by atoms with Gasteiger partial charge in [0.1, 0.15) is 34.6 Å². The third kappa shape index (κ3) is 12.4. The first-order valence-electron chi connectivity index (χ1n) is 16.5. The van der Waals surface area contributed by atoms with Crippen molar-refractivity contribution in [2.75, 3.05) is 25.0 Å². The van der Waals surface area contributed by atoms with Crippen LogP contribution in [0.15, 0.2) is 10.5 Å². The number of nitrogens with one attached hydrogen (secondary N) is 3. The third-order valence-electron chi connectivity index (χ3n) is 6.76. The molecule has 3 atom stereocenters. The van der Waals surface area contributed by atoms with Gasteiger partial charge in [-0.25, -0.2) is 28.5 Å². The van der Waals surface area contributed by atoms with Gasteiger partial charge in [-0.1, -0.05) is 5.16 Å². The second kappa shape index (κ2) is 15.9. The fourth-order valence-electron chi connectivity index (χ4n) is 4.55. The summed E-state index contributed by atoms with van der Waals surface area (Å²) in [7, 11) is -5.18. The molecule has 2 fully saturated rings. The van der Waals surface area contributed by atoms with E-state index >= 15 is 0 Å². The molecule has 0 bridgehead atoms. The molecular formula is C31H47N7O14S2. The highest BCUT2D eigenvalue weighted by atomic mass is 32.2. The van der Waals surface area contributed by atoms with E-state index < -0.39 is 99.2 Å². The van der Waals surface area contributed by atoms with Crippen molar-refractivity contribution < 1.29 is 65.5 Å². The number of thiazole rings is 1. The van der Waals surface area contributed by atoms with E-state index in [1.54, 1.807) is 62.3 Å². The zero-order valence-corrected chi connectivity index (χ0v) is 33.4. The van der Waals surface area contributed by atoms with E-state index in [0.29, 0.717) is 0 Å². The van der Waals surface area contributed by atoms with E-state index in [9.17, 15) is 41.7 Å². The summed E-state index contributed by atoms with van der Waals surface area (Å²) in [6.07, 6.45) is -3.46. The SMILES string of the molecule is CC(C)(C)OC(=O)NC[C@H]1CN(C[C@@H]2[C@H](NC(=O)C(=NOC(C)(C)C(=O)OC(C)(C)C)c3csc(NC(=O)OC(C)(C)C)n3)C(=O)N2S(=O)(=O)O)C(=O)O1. The van der Waals surface area contributed by atoms with Gasteiger partial charge < -0.3 is 39.3 Å². The minimum Gasteiger partial charge on any atom is -0.457 e. The van der Waals surface area contributed by atoms with Crippen molar-refractivity contribution >= 4 is 68.5 Å². The lowest BCUT2D eigenvalue weighted by molar-refractivity contribution is -0.179. The molecule has 1 aromatic rings. The number of anilines is 1. The first kappa shape index (κ1) is 43.6. The summed E-state index contributed by atoms with van der Waals surface area (Å²) in [6.45, 7) is 16.5. The smallest absolute Gasteiger partial charge is 0.413 e. The number of β-lactam (4-membered cyclic amide) rings is 1. The molecule has 3 rings (SSSR count). The molecule has 23 heteroatoms. The number of nitrogens with zero attached hydrogens (tertiary/aromatic N) is 4. The number of rotatable bonds is 12. The Balaban J connectivity index is 1.87. The number of hydrogen-bond acceptors (Lipinski definition) is 16. The second-order valence-electron chi connectivity index (χ2n) is 15.6. The van der Waals surface area contributed by atoms with E-state index in [1.165, 1.54) is 19.2 Å². The lowest BCUT2D eigenvalue weighted by atomic mass is 9.97. The number of ether oxygens (including phenoxy) is 4. The molecule has 0 unspecified atom stereocenters. The number of amides is 5. The highest BCUT2D eigenvalue weighted by Gasteiger charge is 2.56. The number of aromatic nitrogens is 1. The first-order chi connectivity index (χ1) is 24.5. The molecule has 1 aromatic heterocycles. The van der Waals surface area contributed by atoms with Crippen molar-refractivity contribution in [2.45, 2.75) is 117 Å². The van der Waals surface area contributed by atoms with Crippen LogP contribution in [-0.2, 0) is 48.5 Å². The number of carbonyl (C=O) groups is 6. The zero-order valence-electron chi connectivity index (χ0n) is 31.8. The average Bonchev–Trinajstić information content (AvgIpc) is 3.56. The van der Waals surface area contributed by atoms with Gasteiger partial charge in [-0.15, -0.1) is 11.3 Å². The summed E-state index contributed by atoms with van der Waals surface area (Å²) < 4.78 is 55.3. The molecule has 0 radical (unpaired) electrons. The van der Waals surface area contributed by atoms with Crippen molar-refractivity contribution in [1.29, 1.82) is 0 Å². The molecule has 2 aliphatic heterocycles. The molecule has 302 valence electrons. The van der Waals surface area contributed by atoms with Crippen LogP contribution in [0.25, 0.3) is 0 Å². The van der Waals surface area contributed by atoms with Gasteiger partial charge in [0.05, 0.1) is 19.1 Å². The molecule has 21 nitrogen and oxygen atoms in total. The largest absolute Gasteiger partial charge is 0.457 e. The number of cyclic esters (lactones) is 1. The molecule has 2 aliphatic rings. The van der Waals surface area contributed by atoms with Crippen molar-refractivity contribution in [2.24, 2.45) is 5.16 Å². The van der Waals surface area contributed by atoms with E-state index in [1.807, 2.05) is 0 Å². The topological polar surface area (TPSA) is 271 Å². The number of alkyl carbamates (subject to hydrolysis) is 1. The standard InChI is InChI=1S/C31H47N7O14S2/c1-28(2,3)49-23(41)31(10,11)52-36-19(17-15-53-24(33-17)35-26(43)51-30(7,8)9)21(39)34-20-18(38(22(20)40)54(45,46)47)14-37-13-16(48-27(37)44)12-32-25(42)50-29(4,5)6/h15-16,18,20H,12-14H2,1-11H3,(H,32,42)(H,34,39)(H,33,35,43)(H,45,46,47)/t16-,18+,20-/m0/s1. The Labute approximate surface area is 316 Å². The molecular weight excluding hydrogens is 759 g/mol. The average molecular weight is 806 g/mol. The van der Waals surface area contributed by atoms with Gasteiger partial charge in [-0.3, -0.25) is 19.5 Å². The minimum atomic E-state index is -5.18. The summed E-state index contributed by atoms with van der Waals surface area (Å²) >= 11 is 0.860. The van der Waals surface area contributed by atoms with Gasteiger partial charge in [-0.05, 0) is 76.2 Å². The van der Waals surface area contributed by atoms with Crippen molar-refractivity contribution in [3.63, 3.8) is 0 Å². The van der Waals surface area contributed by atoms with Crippen LogP contribution in [0.4, 0.5) is 19.5 Å². The number of hydrogen-bond donors (Lipinski definition) is 4. The van der Waals surface area contributed by atoms with E-state index in [4.69, 9.17) is 23.8 Å². The quantitative estimate of drug-likeness (QED) is 0.0589. The molecule has 0 spiro atoms. The Kier molecular flexibility index (Phi) is 12.9. The van der Waals surface area contributed by atoms with E-state index in [-0.39, 0.29) is 28.2 Å². The summed E-state index contributed by atoms with van der Waals surface area (Å²) in [5.74, 6) is -3.27. The van der Waals surface area contributed by atoms with Crippen LogP contribution in [0, 0.1) is 0 Å². The van der Waals surface area contributed by atoms with Crippen LogP contribution >= 0.6 is 11.3 Å². The molecule has 3 heterocycles. The summed E-state index contributed by atoms with van der Waals surface area (Å²) in [5.41, 5.74) is -5.14.